The maximum Gasteiger partial charge on any atom is 0.137 e. The molecule has 0 amide bonds. The van der Waals surface area contributed by atoms with E-state index >= 15 is 0 Å². The lowest BCUT2D eigenvalue weighted by atomic mass is 10.2. The summed E-state index contributed by atoms with van der Waals surface area (Å²) in [4.78, 5) is 0. The van der Waals surface area contributed by atoms with E-state index < -0.39 is 0 Å². The van der Waals surface area contributed by atoms with E-state index in [0.717, 1.165) is 12.3 Å². The molecule has 3 aromatic carbocycles. The Bertz CT molecular complexity index is 920. The van der Waals surface area contributed by atoms with Gasteiger partial charge in [0.1, 0.15) is 12.4 Å². The Kier molecular flexibility index (Phi) is 3.68. The van der Waals surface area contributed by atoms with E-state index in [1.165, 1.54) is 21.8 Å². The lowest BCUT2D eigenvalue weighted by Gasteiger charge is -2.10. The van der Waals surface area contributed by atoms with Gasteiger partial charge in [0, 0.05) is 21.8 Å². The van der Waals surface area contributed by atoms with Crippen LogP contribution in [0.5, 0.6) is 5.75 Å². The molecule has 114 valence electrons. The largest absolute Gasteiger partial charge is 0.490 e. The molecule has 0 aliphatic rings. The van der Waals surface area contributed by atoms with Gasteiger partial charge in [0.25, 0.3) is 0 Å². The Morgan fingerprint density at radius 3 is 1.96 bits per heavy atom. The van der Waals surface area contributed by atoms with Crippen molar-refractivity contribution in [1.82, 2.24) is 4.57 Å². The summed E-state index contributed by atoms with van der Waals surface area (Å²) in [5.41, 5.74) is 2.47. The highest BCUT2D eigenvalue weighted by Gasteiger charge is 2.09. The van der Waals surface area contributed by atoms with Crippen LogP contribution < -0.4 is 4.74 Å². The Hall–Kier alpha value is -2.45. The van der Waals surface area contributed by atoms with Crippen LogP contribution >= 0.6 is 11.6 Å². The van der Waals surface area contributed by atoms with Gasteiger partial charge in [-0.1, -0.05) is 60.1 Å². The minimum absolute atomic E-state index is 0.576. The van der Waals surface area contributed by atoms with Gasteiger partial charge in [-0.15, -0.1) is 0 Å². The fourth-order valence-electron chi connectivity index (χ4n) is 3.05. The molecule has 4 aromatic rings. The average Bonchev–Trinajstić information content (AvgIpc) is 2.91. The van der Waals surface area contributed by atoms with Crippen molar-refractivity contribution in [3.05, 3.63) is 77.8 Å². The van der Waals surface area contributed by atoms with Crippen LogP contribution in [-0.4, -0.2) is 11.2 Å². The van der Waals surface area contributed by atoms with Crippen molar-refractivity contribution in [2.24, 2.45) is 0 Å². The predicted molar refractivity (Wildman–Crippen MR) is 96.4 cm³/mol. The van der Waals surface area contributed by atoms with Gasteiger partial charge in [-0.3, -0.25) is 0 Å². The Labute approximate surface area is 139 Å². The summed E-state index contributed by atoms with van der Waals surface area (Å²) in [6.45, 7) is 1.35. The van der Waals surface area contributed by atoms with Crippen molar-refractivity contribution < 1.29 is 4.74 Å². The monoisotopic (exact) mass is 321 g/mol. The number of hydrogen-bond acceptors (Lipinski definition) is 1. The standard InChI is InChI=1S/C20H16ClNO/c21-17-9-3-6-12-20(17)23-14-13-22-18-10-4-1-7-15(18)16-8-2-5-11-19(16)22/h1-12H,13-14H2. The first kappa shape index (κ1) is 14.2. The second-order valence-corrected chi connectivity index (χ2v) is 5.87. The molecule has 0 saturated carbocycles. The fourth-order valence-corrected chi connectivity index (χ4v) is 3.24. The zero-order valence-corrected chi connectivity index (χ0v) is 13.3. The van der Waals surface area contributed by atoms with Crippen LogP contribution in [0.25, 0.3) is 21.8 Å². The summed E-state index contributed by atoms with van der Waals surface area (Å²) in [5, 5.41) is 3.21. The van der Waals surface area contributed by atoms with Gasteiger partial charge >= 0.3 is 0 Å². The SMILES string of the molecule is Clc1ccccc1OCCn1c2ccccc2c2ccccc21. The first-order valence-electron chi connectivity index (χ1n) is 7.68. The molecular weight excluding hydrogens is 306 g/mol. The van der Waals surface area contributed by atoms with Crippen molar-refractivity contribution in [3.63, 3.8) is 0 Å². The molecular formula is C20H16ClNO. The zero-order valence-electron chi connectivity index (χ0n) is 12.6. The highest BCUT2D eigenvalue weighted by molar-refractivity contribution is 6.32. The molecule has 0 aliphatic carbocycles. The minimum Gasteiger partial charge on any atom is -0.490 e. The number of benzene rings is 3. The van der Waals surface area contributed by atoms with E-state index in [-0.39, 0.29) is 0 Å². The highest BCUT2D eigenvalue weighted by atomic mass is 35.5. The van der Waals surface area contributed by atoms with Crippen molar-refractivity contribution >= 4 is 33.4 Å². The number of para-hydroxylation sites is 3. The summed E-state index contributed by atoms with van der Waals surface area (Å²) in [7, 11) is 0. The van der Waals surface area contributed by atoms with E-state index in [4.69, 9.17) is 16.3 Å². The summed E-state index contributed by atoms with van der Waals surface area (Å²) in [6, 6.07) is 24.6. The number of aromatic nitrogens is 1. The molecule has 0 atom stereocenters. The molecule has 1 aromatic heterocycles. The van der Waals surface area contributed by atoms with Gasteiger partial charge in [-0.25, -0.2) is 0 Å². The molecule has 23 heavy (non-hydrogen) atoms. The number of halogens is 1. The van der Waals surface area contributed by atoms with Gasteiger partial charge in [0.2, 0.25) is 0 Å². The number of rotatable bonds is 4. The quantitative estimate of drug-likeness (QED) is 0.482. The summed E-state index contributed by atoms with van der Waals surface area (Å²) in [5.74, 6) is 0.731. The van der Waals surface area contributed by atoms with E-state index in [0.29, 0.717) is 11.6 Å². The maximum atomic E-state index is 6.14. The van der Waals surface area contributed by atoms with Crippen LogP contribution in [0.3, 0.4) is 0 Å². The topological polar surface area (TPSA) is 14.2 Å². The van der Waals surface area contributed by atoms with Crippen molar-refractivity contribution in [2.75, 3.05) is 6.61 Å². The fraction of sp³-hybridized carbons (Fsp3) is 0.100. The molecule has 0 fully saturated rings. The Balaban J connectivity index is 1.67. The van der Waals surface area contributed by atoms with Crippen LogP contribution in [-0.2, 0) is 6.54 Å². The lowest BCUT2D eigenvalue weighted by molar-refractivity contribution is 0.302. The molecule has 1 heterocycles. The number of fused-ring (bicyclic) bond motifs is 3. The van der Waals surface area contributed by atoms with E-state index in [1.54, 1.807) is 0 Å². The normalized spacial score (nSPS) is 11.2. The Morgan fingerprint density at radius 2 is 1.30 bits per heavy atom. The third-order valence-corrected chi connectivity index (χ3v) is 4.40. The Morgan fingerprint density at radius 1 is 0.739 bits per heavy atom. The summed E-state index contributed by atoms with van der Waals surface area (Å²) >= 11 is 6.14. The summed E-state index contributed by atoms with van der Waals surface area (Å²) < 4.78 is 8.16. The third kappa shape index (κ3) is 2.55. The second kappa shape index (κ2) is 5.98. The number of ether oxygens (including phenoxy) is 1. The van der Waals surface area contributed by atoms with Crippen LogP contribution in [0.15, 0.2) is 72.8 Å². The number of nitrogens with zero attached hydrogens (tertiary/aromatic N) is 1. The van der Waals surface area contributed by atoms with Crippen LogP contribution in [0.1, 0.15) is 0 Å². The van der Waals surface area contributed by atoms with Crippen molar-refractivity contribution in [3.8, 4) is 5.75 Å². The molecule has 0 unspecified atom stereocenters. The average molecular weight is 322 g/mol. The first-order valence-corrected chi connectivity index (χ1v) is 8.06. The zero-order chi connectivity index (χ0) is 15.6. The van der Waals surface area contributed by atoms with Gasteiger partial charge in [-0.2, -0.15) is 0 Å². The predicted octanol–water partition coefficient (Wildman–Crippen LogP) is 5.53. The van der Waals surface area contributed by atoms with E-state index in [2.05, 4.69) is 53.1 Å². The third-order valence-electron chi connectivity index (χ3n) is 4.09. The van der Waals surface area contributed by atoms with Crippen molar-refractivity contribution in [2.45, 2.75) is 6.54 Å². The second-order valence-electron chi connectivity index (χ2n) is 5.46. The van der Waals surface area contributed by atoms with Gasteiger partial charge in [0.15, 0.2) is 0 Å². The molecule has 0 N–H and O–H groups in total. The van der Waals surface area contributed by atoms with Crippen molar-refractivity contribution in [1.29, 1.82) is 0 Å². The lowest BCUT2D eigenvalue weighted by Crippen LogP contribution is -2.08. The molecule has 0 saturated heterocycles. The smallest absolute Gasteiger partial charge is 0.137 e. The molecule has 0 aliphatic heterocycles. The molecule has 0 bridgehead atoms. The molecule has 4 rings (SSSR count). The van der Waals surface area contributed by atoms with Crippen LogP contribution in [0.2, 0.25) is 5.02 Å². The van der Waals surface area contributed by atoms with Gasteiger partial charge in [-0.05, 0) is 24.3 Å². The minimum atomic E-state index is 0.576. The van der Waals surface area contributed by atoms with E-state index in [1.807, 2.05) is 24.3 Å². The van der Waals surface area contributed by atoms with Crippen LogP contribution in [0.4, 0.5) is 0 Å². The molecule has 3 heteroatoms. The molecule has 2 nitrogen and oxygen atoms in total. The first-order chi connectivity index (χ1) is 11.3. The highest BCUT2D eigenvalue weighted by Crippen LogP contribution is 2.29. The maximum absolute atomic E-state index is 6.14. The molecule has 0 spiro atoms. The van der Waals surface area contributed by atoms with Gasteiger partial charge < -0.3 is 9.30 Å². The van der Waals surface area contributed by atoms with E-state index in [9.17, 15) is 0 Å². The molecule has 0 radical (unpaired) electrons. The number of hydrogen-bond donors (Lipinski definition) is 0. The van der Waals surface area contributed by atoms with Gasteiger partial charge in [0.05, 0.1) is 11.6 Å². The summed E-state index contributed by atoms with van der Waals surface area (Å²) in [6.07, 6.45) is 0. The van der Waals surface area contributed by atoms with Crippen LogP contribution in [0, 0.1) is 0 Å².